The molecule has 3 rings (SSSR count). The van der Waals surface area contributed by atoms with E-state index in [0.717, 1.165) is 17.6 Å². The summed E-state index contributed by atoms with van der Waals surface area (Å²) in [7, 11) is 2.01. The molecule has 0 aromatic carbocycles. The zero-order valence-corrected chi connectivity index (χ0v) is 13.3. The van der Waals surface area contributed by atoms with Crippen LogP contribution in [0.3, 0.4) is 0 Å². The summed E-state index contributed by atoms with van der Waals surface area (Å²) in [5.41, 5.74) is 1.65. The lowest BCUT2D eigenvalue weighted by Crippen LogP contribution is -2.32. The summed E-state index contributed by atoms with van der Waals surface area (Å²) in [5.74, 6) is 0.685. The Morgan fingerprint density at radius 2 is 2.27 bits per heavy atom. The van der Waals surface area contributed by atoms with Crippen LogP contribution in [0.5, 0.6) is 0 Å². The van der Waals surface area contributed by atoms with Crippen molar-refractivity contribution in [3.8, 4) is 0 Å². The molecule has 0 aliphatic heterocycles. The van der Waals surface area contributed by atoms with Gasteiger partial charge in [0.05, 0.1) is 17.8 Å². The maximum atomic E-state index is 12.0. The van der Waals surface area contributed by atoms with E-state index in [0.29, 0.717) is 17.1 Å². The van der Waals surface area contributed by atoms with Crippen molar-refractivity contribution in [2.75, 3.05) is 7.05 Å². The highest BCUT2D eigenvalue weighted by Crippen LogP contribution is 2.14. The number of likely N-dealkylation sites (N-methyl/N-ethyl adjacent to an activating group) is 1. The summed E-state index contributed by atoms with van der Waals surface area (Å²) in [4.78, 5) is 29.9. The number of rotatable bonds is 5. The number of H-pyrrole nitrogens is 1. The second-order valence-corrected chi connectivity index (χ2v) is 6.23. The number of aromatic nitrogens is 4. The Kier molecular flexibility index (Phi) is 4.26. The third kappa shape index (κ3) is 3.20. The highest BCUT2D eigenvalue weighted by Gasteiger charge is 2.13. The number of thiophene rings is 1. The fourth-order valence-electron chi connectivity index (χ4n) is 2.28. The van der Waals surface area contributed by atoms with Crippen LogP contribution in [0.1, 0.15) is 18.4 Å². The molecule has 7 heteroatoms. The number of nitrogens with zero attached hydrogens (tertiary/aromatic N) is 4. The Morgan fingerprint density at radius 1 is 1.41 bits per heavy atom. The number of nitrogens with one attached hydrogen (secondary N) is 1. The van der Waals surface area contributed by atoms with Crippen LogP contribution >= 0.6 is 11.3 Å². The van der Waals surface area contributed by atoms with Crippen molar-refractivity contribution in [1.82, 2.24) is 24.8 Å². The molecule has 0 aliphatic rings. The Hall–Kier alpha value is -2.12. The topological polar surface area (TPSA) is 74.8 Å². The zero-order chi connectivity index (χ0) is 15.5. The summed E-state index contributed by atoms with van der Waals surface area (Å²) in [6.07, 6.45) is 5.95. The Morgan fingerprint density at radius 3 is 3.05 bits per heavy atom. The van der Waals surface area contributed by atoms with Crippen LogP contribution in [0.15, 0.2) is 34.8 Å². The Balaban J connectivity index is 1.72. The van der Waals surface area contributed by atoms with E-state index in [-0.39, 0.29) is 11.6 Å². The van der Waals surface area contributed by atoms with E-state index >= 15 is 0 Å². The van der Waals surface area contributed by atoms with Crippen molar-refractivity contribution < 1.29 is 0 Å². The molecule has 0 spiro atoms. The van der Waals surface area contributed by atoms with Gasteiger partial charge in [0.15, 0.2) is 0 Å². The van der Waals surface area contributed by atoms with Gasteiger partial charge < -0.3 is 4.98 Å². The molecule has 3 aromatic heterocycles. The van der Waals surface area contributed by atoms with Crippen LogP contribution in [-0.4, -0.2) is 37.9 Å². The first-order valence-corrected chi connectivity index (χ1v) is 7.93. The molecule has 1 atom stereocenters. The molecule has 6 nitrogen and oxygen atoms in total. The van der Waals surface area contributed by atoms with Gasteiger partial charge in [-0.25, -0.2) is 4.98 Å². The predicted molar refractivity (Wildman–Crippen MR) is 86.9 cm³/mol. The highest BCUT2D eigenvalue weighted by atomic mass is 32.1. The number of hydrogen-bond donors (Lipinski definition) is 1. The van der Waals surface area contributed by atoms with E-state index in [1.807, 2.05) is 18.5 Å². The second-order valence-electron chi connectivity index (χ2n) is 5.31. The molecule has 0 saturated carbocycles. The van der Waals surface area contributed by atoms with Crippen molar-refractivity contribution in [3.05, 3.63) is 51.9 Å². The van der Waals surface area contributed by atoms with Crippen molar-refractivity contribution in [2.45, 2.75) is 25.9 Å². The van der Waals surface area contributed by atoms with E-state index in [1.54, 1.807) is 18.6 Å². The molecule has 0 radical (unpaired) electrons. The molecule has 0 fully saturated rings. The molecule has 3 heterocycles. The summed E-state index contributed by atoms with van der Waals surface area (Å²) in [6, 6.07) is 2.14. The van der Waals surface area contributed by atoms with Crippen LogP contribution in [0, 0.1) is 0 Å². The molecular weight excluding hydrogens is 298 g/mol. The van der Waals surface area contributed by atoms with Crippen molar-refractivity contribution in [1.29, 1.82) is 0 Å². The minimum absolute atomic E-state index is 0.0648. The van der Waals surface area contributed by atoms with Crippen molar-refractivity contribution in [2.24, 2.45) is 0 Å². The molecule has 0 saturated heterocycles. The largest absolute Gasteiger partial charge is 0.308 e. The Bertz CT molecular complexity index is 813. The summed E-state index contributed by atoms with van der Waals surface area (Å²) in [6.45, 7) is 2.71. The van der Waals surface area contributed by atoms with E-state index < -0.39 is 0 Å². The third-order valence-corrected chi connectivity index (χ3v) is 4.54. The zero-order valence-electron chi connectivity index (χ0n) is 12.5. The Labute approximate surface area is 131 Å². The molecule has 0 unspecified atom stereocenters. The lowest BCUT2D eigenvalue weighted by molar-refractivity contribution is 0.241. The molecule has 0 amide bonds. The molecule has 0 aliphatic carbocycles. The van der Waals surface area contributed by atoms with Crippen LogP contribution in [0.2, 0.25) is 0 Å². The lowest BCUT2D eigenvalue weighted by Gasteiger charge is -2.23. The van der Waals surface area contributed by atoms with E-state index in [4.69, 9.17) is 0 Å². The summed E-state index contributed by atoms with van der Waals surface area (Å²) < 4.78 is 0.680. The second kappa shape index (κ2) is 6.33. The van der Waals surface area contributed by atoms with Crippen molar-refractivity contribution in [3.63, 3.8) is 0 Å². The maximum absolute atomic E-state index is 12.0. The van der Waals surface area contributed by atoms with E-state index in [9.17, 15) is 4.79 Å². The molecule has 3 aromatic rings. The molecular formula is C15H17N5OS. The van der Waals surface area contributed by atoms with E-state index in [1.165, 1.54) is 11.3 Å². The number of hydrogen-bond acceptors (Lipinski definition) is 6. The SMILES string of the molecule is C[C@H](Cc1cnccn1)N(C)Cc1nc2ccsc2c(=O)[nH]1. The van der Waals surface area contributed by atoms with Gasteiger partial charge in [0.1, 0.15) is 10.5 Å². The molecule has 1 N–H and O–H groups in total. The average molecular weight is 315 g/mol. The van der Waals surface area contributed by atoms with Crippen LogP contribution in [-0.2, 0) is 13.0 Å². The first-order chi connectivity index (χ1) is 10.6. The van der Waals surface area contributed by atoms with Gasteiger partial charge in [-0.05, 0) is 25.4 Å². The monoisotopic (exact) mass is 315 g/mol. The van der Waals surface area contributed by atoms with Gasteiger partial charge in [0.2, 0.25) is 0 Å². The van der Waals surface area contributed by atoms with Gasteiger partial charge in [-0.2, -0.15) is 0 Å². The van der Waals surface area contributed by atoms with Crippen LogP contribution < -0.4 is 5.56 Å². The summed E-state index contributed by atoms with van der Waals surface area (Å²) in [5, 5.41) is 1.89. The number of aromatic amines is 1. The van der Waals surface area contributed by atoms with E-state index in [2.05, 4.69) is 31.8 Å². The fraction of sp³-hybridized carbons (Fsp3) is 0.333. The van der Waals surface area contributed by atoms with Gasteiger partial charge in [-0.3, -0.25) is 19.7 Å². The fourth-order valence-corrected chi connectivity index (χ4v) is 3.01. The molecule has 22 heavy (non-hydrogen) atoms. The van der Waals surface area contributed by atoms with Gasteiger partial charge in [-0.1, -0.05) is 0 Å². The first-order valence-electron chi connectivity index (χ1n) is 7.05. The van der Waals surface area contributed by atoms with Gasteiger partial charge in [0, 0.05) is 31.1 Å². The first kappa shape index (κ1) is 14.8. The highest BCUT2D eigenvalue weighted by molar-refractivity contribution is 7.17. The van der Waals surface area contributed by atoms with Gasteiger partial charge >= 0.3 is 0 Å². The predicted octanol–water partition coefficient (Wildman–Crippen LogP) is 1.84. The van der Waals surface area contributed by atoms with Gasteiger partial charge in [0.25, 0.3) is 5.56 Å². The minimum atomic E-state index is -0.0648. The standard InChI is InChI=1S/C15H17N5OS/c1-10(7-11-8-16-4-5-17-11)20(2)9-13-18-12-3-6-22-14(12)15(21)19-13/h3-6,8,10H,7,9H2,1-2H3,(H,18,19,21)/t10-/m1/s1. The average Bonchev–Trinajstić information content (AvgIpc) is 2.97. The normalized spacial score (nSPS) is 12.9. The molecule has 0 bridgehead atoms. The lowest BCUT2D eigenvalue weighted by atomic mass is 10.1. The number of fused-ring (bicyclic) bond motifs is 1. The smallest absolute Gasteiger partial charge is 0.268 e. The van der Waals surface area contributed by atoms with Crippen LogP contribution in [0.25, 0.3) is 10.2 Å². The maximum Gasteiger partial charge on any atom is 0.268 e. The third-order valence-electron chi connectivity index (χ3n) is 3.64. The van der Waals surface area contributed by atoms with Crippen molar-refractivity contribution >= 4 is 21.6 Å². The van der Waals surface area contributed by atoms with Gasteiger partial charge in [-0.15, -0.1) is 11.3 Å². The quantitative estimate of drug-likeness (QED) is 0.777. The minimum Gasteiger partial charge on any atom is -0.308 e. The molecule has 114 valence electrons. The van der Waals surface area contributed by atoms with Crippen LogP contribution in [0.4, 0.5) is 0 Å². The summed E-state index contributed by atoms with van der Waals surface area (Å²) >= 11 is 1.41.